The highest BCUT2D eigenvalue weighted by Gasteiger charge is 2.30. The van der Waals surface area contributed by atoms with Crippen molar-refractivity contribution in [3.63, 3.8) is 0 Å². The van der Waals surface area contributed by atoms with Gasteiger partial charge in [-0.25, -0.2) is 4.79 Å². The van der Waals surface area contributed by atoms with Crippen LogP contribution in [0.2, 0.25) is 0 Å². The highest BCUT2D eigenvalue weighted by atomic mass is 16.5. The van der Waals surface area contributed by atoms with Gasteiger partial charge in [-0.3, -0.25) is 4.79 Å². The fourth-order valence-electron chi connectivity index (χ4n) is 2.12. The van der Waals surface area contributed by atoms with E-state index in [1.807, 2.05) is 13.8 Å². The van der Waals surface area contributed by atoms with Crippen molar-refractivity contribution >= 4 is 11.9 Å². The molecule has 0 aliphatic carbocycles. The molecule has 0 aromatic rings. The minimum absolute atomic E-state index is 0.0000180. The van der Waals surface area contributed by atoms with E-state index in [1.165, 1.54) is 0 Å². The summed E-state index contributed by atoms with van der Waals surface area (Å²) in [4.78, 5) is 23.9. The molecule has 3 atom stereocenters. The monoisotopic (exact) mass is 286 g/mol. The lowest BCUT2D eigenvalue weighted by Gasteiger charge is -2.23. The average Bonchev–Trinajstić information content (AvgIpc) is 2.90. The molecule has 1 aliphatic rings. The molecule has 0 aromatic heterocycles. The van der Waals surface area contributed by atoms with Gasteiger partial charge in [0.2, 0.25) is 5.91 Å². The lowest BCUT2D eigenvalue weighted by Crippen LogP contribution is -2.51. The molecule has 1 amide bonds. The Morgan fingerprint density at radius 3 is 2.65 bits per heavy atom. The summed E-state index contributed by atoms with van der Waals surface area (Å²) in [5.41, 5.74) is 5.80. The van der Waals surface area contributed by atoms with Crippen LogP contribution in [0.25, 0.3) is 0 Å². The zero-order valence-corrected chi connectivity index (χ0v) is 12.6. The molecule has 116 valence electrons. The smallest absolute Gasteiger partial charge is 0.328 e. The number of rotatable bonds is 7. The van der Waals surface area contributed by atoms with Crippen molar-refractivity contribution < 1.29 is 19.1 Å². The molecule has 0 aromatic carbocycles. The van der Waals surface area contributed by atoms with Crippen LogP contribution in [-0.4, -0.2) is 43.3 Å². The van der Waals surface area contributed by atoms with E-state index in [0.29, 0.717) is 13.0 Å². The van der Waals surface area contributed by atoms with Crippen LogP contribution in [-0.2, 0) is 19.1 Å². The van der Waals surface area contributed by atoms with E-state index in [9.17, 15) is 9.59 Å². The van der Waals surface area contributed by atoms with Gasteiger partial charge >= 0.3 is 5.97 Å². The van der Waals surface area contributed by atoms with Gasteiger partial charge in [-0.15, -0.1) is 0 Å². The zero-order valence-electron chi connectivity index (χ0n) is 12.6. The van der Waals surface area contributed by atoms with Gasteiger partial charge in [0.1, 0.15) is 6.04 Å². The molecule has 1 saturated heterocycles. The first-order valence-electron chi connectivity index (χ1n) is 7.29. The molecule has 0 saturated carbocycles. The number of esters is 1. The van der Waals surface area contributed by atoms with E-state index < -0.39 is 18.1 Å². The third-order valence-electron chi connectivity index (χ3n) is 3.43. The number of amides is 1. The standard InChI is InChI=1S/C14H26N2O4/c1-4-19-14(18)11(8-10-6-5-7-20-10)16-13(17)12(15)9(2)3/h9-12H,4-8,15H2,1-3H3,(H,16,17)/t10-,11?,12+/m1/s1. The fraction of sp³-hybridized carbons (Fsp3) is 0.857. The number of nitrogens with one attached hydrogen (secondary N) is 1. The molecule has 1 aliphatic heterocycles. The molecule has 1 unspecified atom stereocenters. The average molecular weight is 286 g/mol. The molecule has 0 spiro atoms. The maximum Gasteiger partial charge on any atom is 0.328 e. The second-order valence-electron chi connectivity index (χ2n) is 5.45. The van der Waals surface area contributed by atoms with Crippen molar-refractivity contribution in [1.29, 1.82) is 0 Å². The molecule has 1 heterocycles. The van der Waals surface area contributed by atoms with E-state index in [2.05, 4.69) is 5.32 Å². The van der Waals surface area contributed by atoms with Gasteiger partial charge < -0.3 is 20.5 Å². The summed E-state index contributed by atoms with van der Waals surface area (Å²) < 4.78 is 10.5. The Morgan fingerprint density at radius 1 is 1.45 bits per heavy atom. The second kappa shape index (κ2) is 8.21. The Kier molecular flexibility index (Phi) is 6.95. The Morgan fingerprint density at radius 2 is 2.15 bits per heavy atom. The van der Waals surface area contributed by atoms with Gasteiger partial charge in [-0.05, 0) is 25.7 Å². The van der Waals surface area contributed by atoms with E-state index in [4.69, 9.17) is 15.2 Å². The van der Waals surface area contributed by atoms with Crippen molar-refractivity contribution in [2.24, 2.45) is 11.7 Å². The topological polar surface area (TPSA) is 90.6 Å². The van der Waals surface area contributed by atoms with Gasteiger partial charge in [-0.1, -0.05) is 13.8 Å². The summed E-state index contributed by atoms with van der Waals surface area (Å²) in [5.74, 6) is -0.732. The summed E-state index contributed by atoms with van der Waals surface area (Å²) in [6, 6.07) is -1.31. The quantitative estimate of drug-likeness (QED) is 0.668. The second-order valence-corrected chi connectivity index (χ2v) is 5.45. The van der Waals surface area contributed by atoms with Crippen LogP contribution in [0, 0.1) is 5.92 Å². The lowest BCUT2D eigenvalue weighted by molar-refractivity contribution is -0.148. The number of hydrogen-bond acceptors (Lipinski definition) is 5. The summed E-state index contributed by atoms with van der Waals surface area (Å²) >= 11 is 0. The molecule has 0 bridgehead atoms. The fourth-order valence-corrected chi connectivity index (χ4v) is 2.12. The van der Waals surface area contributed by atoms with Gasteiger partial charge in [0.15, 0.2) is 0 Å². The van der Waals surface area contributed by atoms with Crippen molar-refractivity contribution in [2.45, 2.75) is 58.2 Å². The molecule has 1 rings (SSSR count). The maximum absolute atomic E-state index is 12.0. The molecule has 0 radical (unpaired) electrons. The Hall–Kier alpha value is -1.14. The molecular formula is C14H26N2O4. The lowest BCUT2D eigenvalue weighted by atomic mass is 10.0. The molecule has 3 N–H and O–H groups in total. The molecule has 6 heteroatoms. The largest absolute Gasteiger partial charge is 0.464 e. The van der Waals surface area contributed by atoms with Crippen LogP contribution < -0.4 is 11.1 Å². The first kappa shape index (κ1) is 16.9. The van der Waals surface area contributed by atoms with Crippen LogP contribution in [0.4, 0.5) is 0 Å². The SMILES string of the molecule is CCOC(=O)C(C[C@H]1CCCO1)NC(=O)[C@@H](N)C(C)C. The number of carbonyl (C=O) groups excluding carboxylic acids is 2. The van der Waals surface area contributed by atoms with Gasteiger partial charge in [-0.2, -0.15) is 0 Å². The number of ether oxygens (including phenoxy) is 2. The highest BCUT2D eigenvalue weighted by molar-refractivity contribution is 5.87. The predicted octanol–water partition coefficient (Wildman–Crippen LogP) is 0.587. The molecule has 1 fully saturated rings. The highest BCUT2D eigenvalue weighted by Crippen LogP contribution is 2.17. The van der Waals surface area contributed by atoms with Gasteiger partial charge in [0.05, 0.1) is 18.8 Å². The van der Waals surface area contributed by atoms with Crippen molar-refractivity contribution in [1.82, 2.24) is 5.32 Å². The zero-order chi connectivity index (χ0) is 15.1. The molecule has 20 heavy (non-hydrogen) atoms. The van der Waals surface area contributed by atoms with Crippen LogP contribution in [0.5, 0.6) is 0 Å². The van der Waals surface area contributed by atoms with E-state index in [1.54, 1.807) is 6.92 Å². The third-order valence-corrected chi connectivity index (χ3v) is 3.43. The van der Waals surface area contributed by atoms with Crippen LogP contribution in [0.15, 0.2) is 0 Å². The Labute approximate surface area is 120 Å². The minimum Gasteiger partial charge on any atom is -0.464 e. The van der Waals surface area contributed by atoms with E-state index >= 15 is 0 Å². The normalized spacial score (nSPS) is 21.6. The van der Waals surface area contributed by atoms with Crippen molar-refractivity contribution in [3.8, 4) is 0 Å². The number of carbonyl (C=O) groups is 2. The summed E-state index contributed by atoms with van der Waals surface area (Å²) in [6.45, 7) is 6.46. The Bertz CT molecular complexity index is 327. The summed E-state index contributed by atoms with van der Waals surface area (Å²) in [7, 11) is 0. The summed E-state index contributed by atoms with van der Waals surface area (Å²) in [6.07, 6.45) is 2.33. The van der Waals surface area contributed by atoms with Crippen LogP contribution in [0.1, 0.15) is 40.0 Å². The van der Waals surface area contributed by atoms with E-state index in [0.717, 1.165) is 12.8 Å². The summed E-state index contributed by atoms with van der Waals surface area (Å²) in [5, 5.41) is 2.69. The van der Waals surface area contributed by atoms with Crippen LogP contribution >= 0.6 is 0 Å². The van der Waals surface area contributed by atoms with Crippen molar-refractivity contribution in [2.75, 3.05) is 13.2 Å². The van der Waals surface area contributed by atoms with Gasteiger partial charge in [0.25, 0.3) is 0 Å². The number of nitrogens with two attached hydrogens (primary N) is 1. The van der Waals surface area contributed by atoms with Crippen LogP contribution in [0.3, 0.4) is 0 Å². The third kappa shape index (κ3) is 5.09. The van der Waals surface area contributed by atoms with Gasteiger partial charge in [0, 0.05) is 13.0 Å². The maximum atomic E-state index is 12.0. The first-order valence-corrected chi connectivity index (χ1v) is 7.29. The molecule has 6 nitrogen and oxygen atoms in total. The molecular weight excluding hydrogens is 260 g/mol. The number of hydrogen-bond donors (Lipinski definition) is 2. The Balaban J connectivity index is 2.61. The first-order chi connectivity index (χ1) is 9.45. The van der Waals surface area contributed by atoms with Crippen molar-refractivity contribution in [3.05, 3.63) is 0 Å². The minimum atomic E-state index is -0.685. The predicted molar refractivity (Wildman–Crippen MR) is 75.0 cm³/mol. The van der Waals surface area contributed by atoms with E-state index in [-0.39, 0.29) is 24.5 Å².